The second kappa shape index (κ2) is 9.37. The number of carbonyl (C=O) groups is 2. The second-order valence-corrected chi connectivity index (χ2v) is 7.83. The van der Waals surface area contributed by atoms with Crippen molar-refractivity contribution >= 4 is 23.8 Å². The van der Waals surface area contributed by atoms with Gasteiger partial charge in [-0.15, -0.1) is 0 Å². The lowest BCUT2D eigenvalue weighted by Gasteiger charge is -2.44. The molecule has 0 aliphatic carbocycles. The quantitative estimate of drug-likeness (QED) is 0.670. The Kier molecular flexibility index (Phi) is 6.87. The van der Waals surface area contributed by atoms with Gasteiger partial charge in [0.05, 0.1) is 5.56 Å². The Labute approximate surface area is 175 Å². The molecule has 154 valence electrons. The van der Waals surface area contributed by atoms with Gasteiger partial charge in [-0.1, -0.05) is 23.7 Å². The lowest BCUT2D eigenvalue weighted by atomic mass is 10.1. The Morgan fingerprint density at radius 1 is 1.17 bits per heavy atom. The first-order chi connectivity index (χ1) is 13.9. The fraction of sp³-hybridized carbons (Fsp3) is 0.364. The van der Waals surface area contributed by atoms with Crippen LogP contribution in [0.15, 0.2) is 42.5 Å². The van der Waals surface area contributed by atoms with Crippen LogP contribution in [0, 0.1) is 5.82 Å². The predicted molar refractivity (Wildman–Crippen MR) is 110 cm³/mol. The molecular weight excluding hydrogens is 395 g/mol. The van der Waals surface area contributed by atoms with Crippen LogP contribution in [-0.2, 0) is 11.3 Å². The van der Waals surface area contributed by atoms with Gasteiger partial charge in [-0.25, -0.2) is 4.39 Å². The Morgan fingerprint density at radius 3 is 2.59 bits per heavy atom. The van der Waals surface area contributed by atoms with Gasteiger partial charge >= 0.3 is 0 Å². The van der Waals surface area contributed by atoms with E-state index in [9.17, 15) is 14.0 Å². The van der Waals surface area contributed by atoms with E-state index in [-0.39, 0.29) is 30.4 Å². The number of ether oxygens (including phenoxy) is 1. The van der Waals surface area contributed by atoms with E-state index < -0.39 is 0 Å². The van der Waals surface area contributed by atoms with Gasteiger partial charge in [-0.2, -0.15) is 0 Å². The third-order valence-electron chi connectivity index (χ3n) is 5.18. The molecule has 3 rings (SSSR count). The van der Waals surface area contributed by atoms with E-state index in [1.807, 2.05) is 11.8 Å². The van der Waals surface area contributed by atoms with Crippen molar-refractivity contribution in [3.63, 3.8) is 0 Å². The molecule has 0 spiro atoms. The van der Waals surface area contributed by atoms with Gasteiger partial charge < -0.3 is 9.64 Å². The molecule has 1 aliphatic rings. The number of aldehydes is 1. The number of hydrogen-bond donors (Lipinski definition) is 0. The standard InChI is InChI=1S/C22H24ClFN2O3/c1-15-11-26(16(2)10-25(15)12-17-3-6-20(24)7-4-17)22(28)14-29-21-8-5-19(23)9-18(21)13-27/h3-9,13,15-16H,10-12,14H2,1-2H3. The molecular formula is C22H24ClFN2O3. The fourth-order valence-corrected chi connectivity index (χ4v) is 3.74. The zero-order chi connectivity index (χ0) is 21.0. The van der Waals surface area contributed by atoms with Crippen molar-refractivity contribution in [1.82, 2.24) is 9.80 Å². The molecule has 0 saturated carbocycles. The summed E-state index contributed by atoms with van der Waals surface area (Å²) in [6.07, 6.45) is 0.657. The maximum absolute atomic E-state index is 13.1. The van der Waals surface area contributed by atoms with Crippen molar-refractivity contribution in [3.05, 3.63) is 64.4 Å². The van der Waals surface area contributed by atoms with Crippen LogP contribution in [0.3, 0.4) is 0 Å². The summed E-state index contributed by atoms with van der Waals surface area (Å²) in [4.78, 5) is 28.0. The average Bonchev–Trinajstić information content (AvgIpc) is 2.70. The SMILES string of the molecule is CC1CN(C(=O)COc2ccc(Cl)cc2C=O)C(C)CN1Cc1ccc(F)cc1. The highest BCUT2D eigenvalue weighted by molar-refractivity contribution is 6.30. The molecule has 0 radical (unpaired) electrons. The molecule has 2 aromatic carbocycles. The lowest BCUT2D eigenvalue weighted by Crippen LogP contribution is -2.58. The molecule has 1 saturated heterocycles. The number of benzene rings is 2. The smallest absolute Gasteiger partial charge is 0.260 e. The van der Waals surface area contributed by atoms with Crippen molar-refractivity contribution in [3.8, 4) is 5.75 Å². The van der Waals surface area contributed by atoms with Crippen molar-refractivity contribution < 1.29 is 18.7 Å². The fourth-order valence-electron chi connectivity index (χ4n) is 3.56. The molecule has 1 amide bonds. The van der Waals surface area contributed by atoms with Crippen LogP contribution in [0.1, 0.15) is 29.8 Å². The molecule has 1 heterocycles. The summed E-state index contributed by atoms with van der Waals surface area (Å²) in [5.41, 5.74) is 1.36. The van der Waals surface area contributed by atoms with Crippen molar-refractivity contribution in [1.29, 1.82) is 0 Å². The topological polar surface area (TPSA) is 49.9 Å². The minimum Gasteiger partial charge on any atom is -0.483 e. The summed E-state index contributed by atoms with van der Waals surface area (Å²) in [6.45, 7) is 5.92. The maximum atomic E-state index is 13.1. The second-order valence-electron chi connectivity index (χ2n) is 7.39. The molecule has 0 bridgehead atoms. The Balaban J connectivity index is 1.58. The van der Waals surface area contributed by atoms with Crippen LogP contribution in [0.4, 0.5) is 4.39 Å². The monoisotopic (exact) mass is 418 g/mol. The minimum atomic E-state index is -0.246. The number of halogens is 2. The van der Waals surface area contributed by atoms with E-state index in [0.29, 0.717) is 42.3 Å². The molecule has 1 fully saturated rings. The van der Waals surface area contributed by atoms with Gasteiger partial charge in [-0.05, 0) is 49.7 Å². The van der Waals surface area contributed by atoms with E-state index in [4.69, 9.17) is 16.3 Å². The summed E-state index contributed by atoms with van der Waals surface area (Å²) in [6, 6.07) is 11.4. The number of nitrogens with zero attached hydrogens (tertiary/aromatic N) is 2. The Bertz CT molecular complexity index is 875. The number of amides is 1. The zero-order valence-corrected chi connectivity index (χ0v) is 17.2. The molecule has 2 atom stereocenters. The Hall–Kier alpha value is -2.44. The molecule has 2 aromatic rings. The molecule has 0 N–H and O–H groups in total. The van der Waals surface area contributed by atoms with Gasteiger partial charge in [0.2, 0.25) is 0 Å². The van der Waals surface area contributed by atoms with E-state index in [1.165, 1.54) is 18.2 Å². The summed E-state index contributed by atoms with van der Waals surface area (Å²) >= 11 is 5.88. The van der Waals surface area contributed by atoms with Crippen LogP contribution >= 0.6 is 11.6 Å². The summed E-state index contributed by atoms with van der Waals surface area (Å²) in [7, 11) is 0. The number of carbonyl (C=O) groups excluding carboxylic acids is 2. The Morgan fingerprint density at radius 2 is 1.90 bits per heavy atom. The van der Waals surface area contributed by atoms with Crippen LogP contribution in [0.5, 0.6) is 5.75 Å². The highest BCUT2D eigenvalue weighted by Gasteiger charge is 2.32. The molecule has 1 aliphatic heterocycles. The number of hydrogen-bond acceptors (Lipinski definition) is 4. The number of rotatable bonds is 6. The highest BCUT2D eigenvalue weighted by atomic mass is 35.5. The first-order valence-electron chi connectivity index (χ1n) is 9.53. The largest absolute Gasteiger partial charge is 0.483 e. The van der Waals surface area contributed by atoms with E-state index in [1.54, 1.807) is 24.3 Å². The van der Waals surface area contributed by atoms with E-state index in [2.05, 4.69) is 11.8 Å². The van der Waals surface area contributed by atoms with Gasteiger partial charge in [0.1, 0.15) is 11.6 Å². The summed E-state index contributed by atoms with van der Waals surface area (Å²) in [5, 5.41) is 0.436. The lowest BCUT2D eigenvalue weighted by molar-refractivity contribution is -0.139. The third kappa shape index (κ3) is 5.34. The van der Waals surface area contributed by atoms with Crippen LogP contribution < -0.4 is 4.74 Å². The molecule has 29 heavy (non-hydrogen) atoms. The van der Waals surface area contributed by atoms with Crippen molar-refractivity contribution in [2.45, 2.75) is 32.5 Å². The van der Waals surface area contributed by atoms with Gasteiger partial charge in [0.25, 0.3) is 5.91 Å². The van der Waals surface area contributed by atoms with Gasteiger partial charge in [-0.3, -0.25) is 14.5 Å². The zero-order valence-electron chi connectivity index (χ0n) is 16.5. The van der Waals surface area contributed by atoms with Gasteiger partial charge in [0, 0.05) is 36.7 Å². The third-order valence-corrected chi connectivity index (χ3v) is 5.42. The molecule has 2 unspecified atom stereocenters. The van der Waals surface area contributed by atoms with Crippen LogP contribution in [0.2, 0.25) is 5.02 Å². The van der Waals surface area contributed by atoms with E-state index in [0.717, 1.165) is 5.56 Å². The minimum absolute atomic E-state index is 0.0125. The maximum Gasteiger partial charge on any atom is 0.260 e. The first kappa shape index (κ1) is 21.3. The average molecular weight is 419 g/mol. The molecule has 7 heteroatoms. The normalized spacial score (nSPS) is 19.8. The van der Waals surface area contributed by atoms with Crippen LogP contribution in [-0.4, -0.2) is 53.8 Å². The van der Waals surface area contributed by atoms with Crippen molar-refractivity contribution in [2.24, 2.45) is 0 Å². The number of piperazine rings is 1. The summed E-state index contributed by atoms with van der Waals surface area (Å²) < 4.78 is 18.7. The molecule has 0 aromatic heterocycles. The van der Waals surface area contributed by atoms with Gasteiger partial charge in [0.15, 0.2) is 12.9 Å². The van der Waals surface area contributed by atoms with E-state index >= 15 is 0 Å². The van der Waals surface area contributed by atoms with Crippen LogP contribution in [0.25, 0.3) is 0 Å². The molecule has 5 nitrogen and oxygen atoms in total. The first-order valence-corrected chi connectivity index (χ1v) is 9.90. The highest BCUT2D eigenvalue weighted by Crippen LogP contribution is 2.22. The summed E-state index contributed by atoms with van der Waals surface area (Å²) in [5.74, 6) is -0.0324. The van der Waals surface area contributed by atoms with Crippen molar-refractivity contribution in [2.75, 3.05) is 19.7 Å². The predicted octanol–water partition coefficient (Wildman–Crippen LogP) is 3.79.